The Morgan fingerprint density at radius 3 is 2.56 bits per heavy atom. The van der Waals surface area contributed by atoms with Gasteiger partial charge in [0.2, 0.25) is 5.78 Å². The van der Waals surface area contributed by atoms with E-state index in [1.54, 1.807) is 41.8 Å². The Morgan fingerprint density at radius 1 is 1.06 bits per heavy atom. The second kappa shape index (κ2) is 9.66. The number of sulfonamides is 1. The number of halogens is 1. The lowest BCUT2D eigenvalue weighted by Gasteiger charge is -2.35. The van der Waals surface area contributed by atoms with Crippen LogP contribution < -0.4 is 0 Å². The van der Waals surface area contributed by atoms with Crippen LogP contribution in [0.1, 0.15) is 33.9 Å². The van der Waals surface area contributed by atoms with Crippen molar-refractivity contribution >= 4 is 49.0 Å². The van der Waals surface area contributed by atoms with Crippen molar-refractivity contribution in [3.63, 3.8) is 0 Å². The molecule has 0 N–H and O–H groups in total. The molecule has 9 heteroatoms. The largest absolute Gasteiger partial charge is 0.457 e. The van der Waals surface area contributed by atoms with Crippen molar-refractivity contribution in [3.05, 3.63) is 87.2 Å². The minimum absolute atomic E-state index is 0.176. The smallest absolute Gasteiger partial charge is 0.308 e. The van der Waals surface area contributed by atoms with Crippen LogP contribution in [0.4, 0.5) is 0 Å². The number of ether oxygens (including phenoxy) is 1. The van der Waals surface area contributed by atoms with Gasteiger partial charge in [-0.1, -0.05) is 64.5 Å². The van der Waals surface area contributed by atoms with Gasteiger partial charge in [0.1, 0.15) is 4.21 Å². The number of ketones is 1. The molecule has 166 valence electrons. The highest BCUT2D eigenvalue weighted by Gasteiger charge is 2.38. The number of hydrogen-bond donors (Lipinski definition) is 0. The lowest BCUT2D eigenvalue weighted by molar-refractivity contribution is -0.143. The number of nitrogens with zero attached hydrogens (tertiary/aromatic N) is 1. The standard InChI is InChI=1S/C23H20BrNO5S2/c24-19-9-4-3-8-18(19)21(26)15-30-22(27)14-20-17-7-2-1-6-16(17)11-12-25(20)32(28,29)23-10-5-13-31-23/h1-10,13,20H,11-12,14-15H2. The molecule has 1 aliphatic rings. The second-order valence-electron chi connectivity index (χ2n) is 7.28. The number of benzene rings is 2. The third-order valence-electron chi connectivity index (χ3n) is 5.32. The molecule has 2 aromatic carbocycles. The number of rotatable bonds is 7. The van der Waals surface area contributed by atoms with Crippen LogP contribution >= 0.6 is 27.3 Å². The fourth-order valence-electron chi connectivity index (χ4n) is 3.78. The van der Waals surface area contributed by atoms with Gasteiger partial charge < -0.3 is 4.74 Å². The summed E-state index contributed by atoms with van der Waals surface area (Å²) in [5.41, 5.74) is 2.21. The summed E-state index contributed by atoms with van der Waals surface area (Å²) in [6.45, 7) is -0.140. The van der Waals surface area contributed by atoms with Gasteiger partial charge in [-0.25, -0.2) is 8.42 Å². The molecule has 0 bridgehead atoms. The van der Waals surface area contributed by atoms with E-state index < -0.39 is 28.6 Å². The van der Waals surface area contributed by atoms with E-state index in [-0.39, 0.29) is 23.0 Å². The van der Waals surface area contributed by atoms with E-state index in [0.29, 0.717) is 16.5 Å². The van der Waals surface area contributed by atoms with E-state index in [1.807, 2.05) is 24.3 Å². The van der Waals surface area contributed by atoms with Gasteiger partial charge in [0.15, 0.2) is 6.61 Å². The molecule has 0 saturated heterocycles. The Morgan fingerprint density at radius 2 is 1.81 bits per heavy atom. The Labute approximate surface area is 199 Å². The van der Waals surface area contributed by atoms with Crippen molar-refractivity contribution in [1.82, 2.24) is 4.31 Å². The predicted octanol–water partition coefficient (Wildman–Crippen LogP) is 4.61. The van der Waals surface area contributed by atoms with Crippen molar-refractivity contribution in [1.29, 1.82) is 0 Å². The zero-order valence-corrected chi connectivity index (χ0v) is 20.2. The first-order valence-corrected chi connectivity index (χ1v) is 13.1. The molecular weight excluding hydrogens is 514 g/mol. The minimum Gasteiger partial charge on any atom is -0.457 e. The average molecular weight is 534 g/mol. The van der Waals surface area contributed by atoms with Gasteiger partial charge in [0.25, 0.3) is 10.0 Å². The number of thiophene rings is 1. The number of hydrogen-bond acceptors (Lipinski definition) is 6. The Kier molecular flexibility index (Phi) is 6.90. The molecule has 2 heterocycles. The molecule has 6 nitrogen and oxygen atoms in total. The molecule has 32 heavy (non-hydrogen) atoms. The third kappa shape index (κ3) is 4.71. The first-order chi connectivity index (χ1) is 15.4. The van der Waals surface area contributed by atoms with E-state index in [4.69, 9.17) is 4.74 Å². The maximum absolute atomic E-state index is 13.3. The molecule has 4 rings (SSSR count). The maximum Gasteiger partial charge on any atom is 0.308 e. The highest BCUT2D eigenvalue weighted by molar-refractivity contribution is 9.10. The highest BCUT2D eigenvalue weighted by atomic mass is 79.9. The SMILES string of the molecule is O=C(CC1c2ccccc2CCN1S(=O)(=O)c1cccs1)OCC(=O)c1ccccc1Br. The van der Waals surface area contributed by atoms with Crippen LogP contribution in [0.3, 0.4) is 0 Å². The van der Waals surface area contributed by atoms with Crippen molar-refractivity contribution in [2.75, 3.05) is 13.2 Å². The quantitative estimate of drug-likeness (QED) is 0.327. The van der Waals surface area contributed by atoms with E-state index in [0.717, 1.165) is 22.5 Å². The topological polar surface area (TPSA) is 80.8 Å². The molecule has 1 aliphatic heterocycles. The van der Waals surface area contributed by atoms with Gasteiger partial charge >= 0.3 is 5.97 Å². The molecular formula is C23H20BrNO5S2. The fourth-order valence-corrected chi connectivity index (χ4v) is 7.01. The molecule has 1 aromatic heterocycles. The molecule has 1 atom stereocenters. The summed E-state index contributed by atoms with van der Waals surface area (Å²) < 4.78 is 34.0. The summed E-state index contributed by atoms with van der Waals surface area (Å²) in [4.78, 5) is 25.1. The third-order valence-corrected chi connectivity index (χ3v) is 9.29. The monoisotopic (exact) mass is 533 g/mol. The zero-order chi connectivity index (χ0) is 22.7. The number of esters is 1. The highest BCUT2D eigenvalue weighted by Crippen LogP contribution is 2.37. The lowest BCUT2D eigenvalue weighted by Crippen LogP contribution is -2.41. The maximum atomic E-state index is 13.3. The summed E-state index contributed by atoms with van der Waals surface area (Å²) in [6, 6.07) is 17.0. The van der Waals surface area contributed by atoms with Crippen molar-refractivity contribution in [3.8, 4) is 0 Å². The first-order valence-electron chi connectivity index (χ1n) is 9.94. The van der Waals surface area contributed by atoms with Gasteiger partial charge in [-0.15, -0.1) is 11.3 Å². The predicted molar refractivity (Wildman–Crippen MR) is 125 cm³/mol. The molecule has 0 saturated carbocycles. The van der Waals surface area contributed by atoms with E-state index in [9.17, 15) is 18.0 Å². The summed E-state index contributed by atoms with van der Waals surface area (Å²) in [5.74, 6) is -0.962. The van der Waals surface area contributed by atoms with Crippen LogP contribution in [0.25, 0.3) is 0 Å². The molecule has 0 spiro atoms. The first kappa shape index (κ1) is 22.8. The van der Waals surface area contributed by atoms with Crippen LogP contribution in [0.2, 0.25) is 0 Å². The normalized spacial score (nSPS) is 16.3. The molecule has 0 radical (unpaired) electrons. The van der Waals surface area contributed by atoms with Gasteiger partial charge in [0, 0.05) is 16.6 Å². The van der Waals surface area contributed by atoms with Crippen LogP contribution in [-0.2, 0) is 26.0 Å². The summed E-state index contributed by atoms with van der Waals surface area (Å²) >= 11 is 4.46. The van der Waals surface area contributed by atoms with Crippen LogP contribution in [0.5, 0.6) is 0 Å². The molecule has 0 fully saturated rings. The number of Topliss-reactive ketones (excluding diaryl/α,β-unsaturated/α-hetero) is 1. The molecule has 0 amide bonds. The summed E-state index contributed by atoms with van der Waals surface area (Å²) in [6.07, 6.45) is 0.387. The van der Waals surface area contributed by atoms with Gasteiger partial charge in [0.05, 0.1) is 12.5 Å². The van der Waals surface area contributed by atoms with E-state index in [2.05, 4.69) is 15.9 Å². The summed E-state index contributed by atoms with van der Waals surface area (Å²) in [7, 11) is -3.77. The Hall–Kier alpha value is -2.33. The van der Waals surface area contributed by atoms with Crippen molar-refractivity contribution in [2.24, 2.45) is 0 Å². The van der Waals surface area contributed by atoms with Crippen LogP contribution in [0.15, 0.2) is 74.7 Å². The van der Waals surface area contributed by atoms with E-state index >= 15 is 0 Å². The van der Waals surface area contributed by atoms with Crippen molar-refractivity contribution in [2.45, 2.75) is 23.1 Å². The van der Waals surface area contributed by atoms with Crippen LogP contribution in [0, 0.1) is 0 Å². The van der Waals surface area contributed by atoms with Crippen LogP contribution in [-0.4, -0.2) is 37.6 Å². The minimum atomic E-state index is -3.77. The Bertz CT molecular complexity index is 1240. The summed E-state index contributed by atoms with van der Waals surface area (Å²) in [5, 5.41) is 1.71. The Balaban J connectivity index is 1.54. The molecule has 1 unspecified atom stereocenters. The number of fused-ring (bicyclic) bond motifs is 1. The second-order valence-corrected chi connectivity index (χ2v) is 11.2. The number of carbonyl (C=O) groups excluding carboxylic acids is 2. The fraction of sp³-hybridized carbons (Fsp3) is 0.217. The van der Waals surface area contributed by atoms with E-state index in [1.165, 1.54) is 4.31 Å². The van der Waals surface area contributed by atoms with Gasteiger partial charge in [-0.2, -0.15) is 4.31 Å². The lowest BCUT2D eigenvalue weighted by atomic mass is 9.92. The average Bonchev–Trinajstić information content (AvgIpc) is 3.34. The zero-order valence-electron chi connectivity index (χ0n) is 16.9. The molecule has 3 aromatic rings. The number of carbonyl (C=O) groups is 2. The van der Waals surface area contributed by atoms with Crippen molar-refractivity contribution < 1.29 is 22.7 Å². The van der Waals surface area contributed by atoms with Gasteiger partial charge in [-0.05, 0) is 35.1 Å². The molecule has 0 aliphatic carbocycles. The van der Waals surface area contributed by atoms with Gasteiger partial charge in [-0.3, -0.25) is 9.59 Å².